The molecule has 1 amide bonds. The number of nitrogens with one attached hydrogen (secondary N) is 1. The molecule has 0 aliphatic rings. The maximum atomic E-state index is 12.5. The number of anilines is 1. The van der Waals surface area contributed by atoms with Crippen molar-refractivity contribution in [2.75, 3.05) is 5.32 Å². The lowest BCUT2D eigenvalue weighted by Crippen LogP contribution is -2.37. The van der Waals surface area contributed by atoms with Crippen LogP contribution in [0, 0.1) is 6.92 Å². The van der Waals surface area contributed by atoms with Crippen molar-refractivity contribution in [3.05, 3.63) is 54.4 Å². The highest BCUT2D eigenvalue weighted by atomic mass is 79.9. The van der Waals surface area contributed by atoms with Crippen molar-refractivity contribution in [1.29, 1.82) is 0 Å². The first-order valence-electron chi connectivity index (χ1n) is 7.58. The summed E-state index contributed by atoms with van der Waals surface area (Å²) < 4.78 is 4.39. The zero-order valence-corrected chi connectivity index (χ0v) is 16.6. The maximum absolute atomic E-state index is 12.5. The zero-order chi connectivity index (χ0) is 19.2. The Morgan fingerprint density at radius 3 is 2.62 bits per heavy atom. The van der Waals surface area contributed by atoms with Crippen LogP contribution in [-0.4, -0.2) is 24.6 Å². The molecular formula is C16H15BrClN5O3. The quantitative estimate of drug-likeness (QED) is 0.629. The van der Waals surface area contributed by atoms with Crippen molar-refractivity contribution in [1.82, 2.24) is 18.7 Å². The van der Waals surface area contributed by atoms with E-state index in [0.717, 1.165) is 14.6 Å². The summed E-state index contributed by atoms with van der Waals surface area (Å²) in [7, 11) is 2.85. The van der Waals surface area contributed by atoms with Crippen LogP contribution in [0.3, 0.4) is 0 Å². The molecule has 0 saturated carbocycles. The molecule has 0 spiro atoms. The molecule has 2 heterocycles. The van der Waals surface area contributed by atoms with Gasteiger partial charge in [0, 0.05) is 24.3 Å². The van der Waals surface area contributed by atoms with E-state index in [4.69, 9.17) is 11.6 Å². The number of aryl methyl sites for hydroxylation is 2. The molecule has 0 unspecified atom stereocenters. The molecule has 0 bridgehead atoms. The van der Waals surface area contributed by atoms with E-state index in [1.54, 1.807) is 6.07 Å². The van der Waals surface area contributed by atoms with Crippen molar-refractivity contribution >= 4 is 50.3 Å². The van der Waals surface area contributed by atoms with Gasteiger partial charge in [0.15, 0.2) is 11.2 Å². The van der Waals surface area contributed by atoms with Gasteiger partial charge in [0.2, 0.25) is 11.2 Å². The Hall–Kier alpha value is -2.39. The maximum Gasteiger partial charge on any atom is 0.332 e. The lowest BCUT2D eigenvalue weighted by atomic mass is 10.2. The van der Waals surface area contributed by atoms with Crippen LogP contribution >= 0.6 is 27.5 Å². The highest BCUT2D eigenvalue weighted by Crippen LogP contribution is 2.20. The van der Waals surface area contributed by atoms with E-state index in [1.165, 1.54) is 23.2 Å². The van der Waals surface area contributed by atoms with Crippen LogP contribution in [0.1, 0.15) is 5.56 Å². The molecule has 1 aromatic carbocycles. The van der Waals surface area contributed by atoms with Gasteiger partial charge in [-0.1, -0.05) is 15.9 Å². The van der Waals surface area contributed by atoms with Crippen LogP contribution in [0.5, 0.6) is 0 Å². The van der Waals surface area contributed by atoms with Gasteiger partial charge in [-0.2, -0.15) is 4.98 Å². The third-order valence-corrected chi connectivity index (χ3v) is 5.22. The molecule has 0 saturated heterocycles. The molecule has 0 aliphatic carbocycles. The molecule has 3 rings (SSSR count). The van der Waals surface area contributed by atoms with Crippen molar-refractivity contribution in [2.24, 2.45) is 14.1 Å². The molecule has 1 N–H and O–H groups in total. The monoisotopic (exact) mass is 439 g/mol. The van der Waals surface area contributed by atoms with Gasteiger partial charge in [-0.25, -0.2) is 4.79 Å². The normalized spacial score (nSPS) is 11.1. The smallest absolute Gasteiger partial charge is 0.325 e. The van der Waals surface area contributed by atoms with E-state index in [9.17, 15) is 14.4 Å². The van der Waals surface area contributed by atoms with E-state index >= 15 is 0 Å². The Morgan fingerprint density at radius 2 is 1.96 bits per heavy atom. The van der Waals surface area contributed by atoms with E-state index in [0.29, 0.717) is 5.69 Å². The van der Waals surface area contributed by atoms with E-state index in [-0.39, 0.29) is 28.9 Å². The first-order valence-corrected chi connectivity index (χ1v) is 8.75. The number of amides is 1. The average Bonchev–Trinajstić information content (AvgIpc) is 2.91. The van der Waals surface area contributed by atoms with Crippen LogP contribution in [0.4, 0.5) is 5.69 Å². The molecule has 0 radical (unpaired) electrons. The van der Waals surface area contributed by atoms with Gasteiger partial charge in [-0.3, -0.25) is 23.3 Å². The summed E-state index contributed by atoms with van der Waals surface area (Å²) in [6.07, 6.45) is 0. The van der Waals surface area contributed by atoms with Gasteiger partial charge < -0.3 is 5.32 Å². The van der Waals surface area contributed by atoms with Gasteiger partial charge in [0.25, 0.3) is 5.56 Å². The second kappa shape index (κ2) is 6.73. The fourth-order valence-corrected chi connectivity index (χ4v) is 3.10. The van der Waals surface area contributed by atoms with E-state index in [1.807, 2.05) is 19.1 Å². The molecule has 8 nitrogen and oxygen atoms in total. The summed E-state index contributed by atoms with van der Waals surface area (Å²) in [5.41, 5.74) is 0.750. The molecule has 0 aliphatic heterocycles. The van der Waals surface area contributed by atoms with Crippen molar-refractivity contribution in [2.45, 2.75) is 13.5 Å². The average molecular weight is 441 g/mol. The van der Waals surface area contributed by atoms with Gasteiger partial charge in [-0.15, -0.1) is 0 Å². The largest absolute Gasteiger partial charge is 0.332 e. The molecule has 3 aromatic rings. The number of carbonyl (C=O) groups excluding carboxylic acids is 1. The minimum Gasteiger partial charge on any atom is -0.325 e. The summed E-state index contributed by atoms with van der Waals surface area (Å²) in [5, 5.41) is 2.71. The number of benzene rings is 1. The lowest BCUT2D eigenvalue weighted by Gasteiger charge is -2.09. The Bertz CT molecular complexity index is 1160. The van der Waals surface area contributed by atoms with Gasteiger partial charge in [0.05, 0.1) is 0 Å². The van der Waals surface area contributed by atoms with Crippen molar-refractivity contribution in [3.8, 4) is 0 Å². The predicted molar refractivity (Wildman–Crippen MR) is 103 cm³/mol. The van der Waals surface area contributed by atoms with Gasteiger partial charge in [0.1, 0.15) is 6.54 Å². The number of aromatic nitrogens is 4. The third-order valence-electron chi connectivity index (χ3n) is 4.04. The molecule has 26 heavy (non-hydrogen) atoms. The van der Waals surface area contributed by atoms with Crippen molar-refractivity contribution in [3.63, 3.8) is 0 Å². The number of imidazole rings is 1. The van der Waals surface area contributed by atoms with Crippen LogP contribution in [0.15, 0.2) is 32.3 Å². The summed E-state index contributed by atoms with van der Waals surface area (Å²) >= 11 is 9.51. The minimum atomic E-state index is -0.560. The predicted octanol–water partition coefficient (Wildman–Crippen LogP) is 1.80. The highest BCUT2D eigenvalue weighted by molar-refractivity contribution is 9.10. The number of fused-ring (bicyclic) bond motifs is 1. The first kappa shape index (κ1) is 18.4. The minimum absolute atomic E-state index is 0.0413. The van der Waals surface area contributed by atoms with Crippen molar-refractivity contribution < 1.29 is 4.79 Å². The number of hydrogen-bond donors (Lipinski definition) is 1. The molecule has 2 aromatic heterocycles. The fourth-order valence-electron chi connectivity index (χ4n) is 2.63. The number of nitrogens with zero attached hydrogens (tertiary/aromatic N) is 4. The molecule has 0 atom stereocenters. The summed E-state index contributed by atoms with van der Waals surface area (Å²) in [4.78, 5) is 40.9. The second-order valence-corrected chi connectivity index (χ2v) is 7.05. The number of rotatable bonds is 3. The van der Waals surface area contributed by atoms with Crippen LogP contribution in [0.2, 0.25) is 5.28 Å². The Morgan fingerprint density at radius 1 is 1.27 bits per heavy atom. The number of carbonyl (C=O) groups is 1. The van der Waals surface area contributed by atoms with Crippen LogP contribution in [-0.2, 0) is 25.4 Å². The molecule has 136 valence electrons. The topological polar surface area (TPSA) is 90.9 Å². The molecular weight excluding hydrogens is 426 g/mol. The Balaban J connectivity index is 1.99. The Labute approximate surface area is 161 Å². The molecule has 0 fully saturated rings. The first-order chi connectivity index (χ1) is 12.2. The molecule has 10 heteroatoms. The third kappa shape index (κ3) is 3.08. The van der Waals surface area contributed by atoms with Crippen LogP contribution < -0.4 is 16.6 Å². The fraction of sp³-hybridized carbons (Fsp3) is 0.250. The summed E-state index contributed by atoms with van der Waals surface area (Å²) in [6, 6.07) is 5.40. The standard InChI is InChI=1S/C16H15BrClN5O3/c1-8-6-9(4-5-10(8)17)19-11(24)7-23-12-13(20-15(23)18)21(2)16(26)22(3)14(12)25/h4-6H,7H2,1-3H3,(H,19,24). The van der Waals surface area contributed by atoms with Gasteiger partial charge in [-0.05, 0) is 42.3 Å². The van der Waals surface area contributed by atoms with Gasteiger partial charge >= 0.3 is 5.69 Å². The summed E-state index contributed by atoms with van der Waals surface area (Å²) in [5.74, 6) is -0.371. The number of halogens is 2. The van der Waals surface area contributed by atoms with E-state index in [2.05, 4.69) is 26.2 Å². The second-order valence-electron chi connectivity index (χ2n) is 5.86. The Kier molecular flexibility index (Phi) is 4.76. The number of hydrogen-bond acceptors (Lipinski definition) is 4. The lowest BCUT2D eigenvalue weighted by molar-refractivity contribution is -0.116. The highest BCUT2D eigenvalue weighted by Gasteiger charge is 2.19. The summed E-state index contributed by atoms with van der Waals surface area (Å²) in [6.45, 7) is 1.70. The van der Waals surface area contributed by atoms with Crippen LogP contribution in [0.25, 0.3) is 11.2 Å². The SMILES string of the molecule is Cc1cc(NC(=O)Cn2c(Cl)nc3c2c(=O)n(C)c(=O)n3C)ccc1Br. The zero-order valence-electron chi connectivity index (χ0n) is 14.2. The van der Waals surface area contributed by atoms with E-state index < -0.39 is 11.2 Å².